The Hall–Kier alpha value is -2.93. The van der Waals surface area contributed by atoms with E-state index < -0.39 is 0 Å². The number of carbonyl (C=O) groups excluding carboxylic acids is 1. The Balaban J connectivity index is 1.41. The maximum atomic E-state index is 12.3. The third-order valence-electron chi connectivity index (χ3n) is 4.72. The Kier molecular flexibility index (Phi) is 5.76. The van der Waals surface area contributed by atoms with Gasteiger partial charge in [-0.15, -0.1) is 0 Å². The van der Waals surface area contributed by atoms with Crippen molar-refractivity contribution in [3.05, 3.63) is 53.6 Å². The smallest absolute Gasteiger partial charge is 0.231 e. The zero-order valence-corrected chi connectivity index (χ0v) is 17.2. The van der Waals surface area contributed by atoms with Crippen LogP contribution in [-0.2, 0) is 17.8 Å². The SMILES string of the molecule is CCc1cc2cc3c(cc2nc1SCC(=O)NCc1ccc(OC)cc1)OCO3. The number of aryl methyl sites for hydroxylation is 1. The molecule has 0 saturated carbocycles. The number of pyridine rings is 1. The number of ether oxygens (including phenoxy) is 3. The third kappa shape index (κ3) is 4.40. The summed E-state index contributed by atoms with van der Waals surface area (Å²) in [4.78, 5) is 17.1. The van der Waals surface area contributed by atoms with Gasteiger partial charge in [0, 0.05) is 18.0 Å². The summed E-state index contributed by atoms with van der Waals surface area (Å²) in [6, 6.07) is 13.6. The second-order valence-corrected chi connectivity index (χ2v) is 7.58. The number of nitrogens with one attached hydrogen (secondary N) is 1. The predicted octanol–water partition coefficient (Wildman–Crippen LogP) is 3.94. The molecule has 0 fully saturated rings. The molecule has 0 aliphatic carbocycles. The molecule has 0 spiro atoms. The first-order chi connectivity index (χ1) is 14.2. The Morgan fingerprint density at radius 2 is 1.93 bits per heavy atom. The van der Waals surface area contributed by atoms with Crippen LogP contribution in [0.25, 0.3) is 10.9 Å². The molecule has 1 aromatic heterocycles. The summed E-state index contributed by atoms with van der Waals surface area (Å²) in [7, 11) is 1.63. The third-order valence-corrected chi connectivity index (χ3v) is 5.75. The van der Waals surface area contributed by atoms with Crippen LogP contribution in [-0.4, -0.2) is 30.5 Å². The van der Waals surface area contributed by atoms with E-state index in [0.29, 0.717) is 18.0 Å². The lowest BCUT2D eigenvalue weighted by Gasteiger charge is -2.10. The lowest BCUT2D eigenvalue weighted by atomic mass is 10.1. The number of amides is 1. The van der Waals surface area contributed by atoms with Crippen LogP contribution in [0.3, 0.4) is 0 Å². The van der Waals surface area contributed by atoms with E-state index in [-0.39, 0.29) is 12.7 Å². The monoisotopic (exact) mass is 410 g/mol. The van der Waals surface area contributed by atoms with E-state index in [9.17, 15) is 4.79 Å². The molecule has 1 amide bonds. The Morgan fingerprint density at radius 1 is 1.17 bits per heavy atom. The summed E-state index contributed by atoms with van der Waals surface area (Å²) >= 11 is 1.45. The van der Waals surface area contributed by atoms with Crippen LogP contribution in [0.2, 0.25) is 0 Å². The molecule has 1 N–H and O–H groups in total. The van der Waals surface area contributed by atoms with Crippen molar-refractivity contribution in [2.24, 2.45) is 0 Å². The molecule has 1 aliphatic rings. The highest BCUT2D eigenvalue weighted by Gasteiger charge is 2.16. The number of carbonyl (C=O) groups is 1. The van der Waals surface area contributed by atoms with E-state index in [0.717, 1.165) is 45.0 Å². The zero-order chi connectivity index (χ0) is 20.2. The maximum absolute atomic E-state index is 12.3. The van der Waals surface area contributed by atoms with Crippen molar-refractivity contribution in [3.63, 3.8) is 0 Å². The molecular formula is C22H22N2O4S. The number of thioether (sulfide) groups is 1. The summed E-state index contributed by atoms with van der Waals surface area (Å²) in [6.07, 6.45) is 0.840. The minimum atomic E-state index is -0.0274. The molecule has 6 nitrogen and oxygen atoms in total. The largest absolute Gasteiger partial charge is 0.497 e. The van der Waals surface area contributed by atoms with Gasteiger partial charge in [-0.3, -0.25) is 4.79 Å². The number of hydrogen-bond donors (Lipinski definition) is 1. The van der Waals surface area contributed by atoms with Gasteiger partial charge in [0.15, 0.2) is 11.5 Å². The van der Waals surface area contributed by atoms with Crippen LogP contribution >= 0.6 is 11.8 Å². The van der Waals surface area contributed by atoms with Crippen molar-refractivity contribution in [1.82, 2.24) is 10.3 Å². The van der Waals surface area contributed by atoms with Crippen LogP contribution in [0, 0.1) is 0 Å². The van der Waals surface area contributed by atoms with Gasteiger partial charge in [0.25, 0.3) is 0 Å². The van der Waals surface area contributed by atoms with E-state index in [2.05, 4.69) is 18.3 Å². The first-order valence-electron chi connectivity index (χ1n) is 9.42. The Morgan fingerprint density at radius 3 is 2.66 bits per heavy atom. The Bertz CT molecular complexity index is 1040. The number of rotatable bonds is 7. The van der Waals surface area contributed by atoms with Gasteiger partial charge in [-0.2, -0.15) is 0 Å². The van der Waals surface area contributed by atoms with Crippen molar-refractivity contribution >= 4 is 28.6 Å². The molecule has 2 heterocycles. The van der Waals surface area contributed by atoms with Crippen molar-refractivity contribution in [3.8, 4) is 17.2 Å². The van der Waals surface area contributed by atoms with E-state index >= 15 is 0 Å². The molecular weight excluding hydrogens is 388 g/mol. The molecule has 4 rings (SSSR count). The maximum Gasteiger partial charge on any atom is 0.231 e. The van der Waals surface area contributed by atoms with Crippen LogP contribution in [0.4, 0.5) is 0 Å². The molecule has 1 aliphatic heterocycles. The van der Waals surface area contributed by atoms with E-state index in [1.54, 1.807) is 7.11 Å². The average Bonchev–Trinajstić information content (AvgIpc) is 3.21. The summed E-state index contributed by atoms with van der Waals surface area (Å²) in [5, 5.41) is 4.84. The van der Waals surface area contributed by atoms with Gasteiger partial charge >= 0.3 is 0 Å². The van der Waals surface area contributed by atoms with Crippen LogP contribution in [0.1, 0.15) is 18.1 Å². The van der Waals surface area contributed by atoms with Crippen LogP contribution in [0.15, 0.2) is 47.5 Å². The lowest BCUT2D eigenvalue weighted by molar-refractivity contribution is -0.118. The number of nitrogens with zero attached hydrogens (tertiary/aromatic N) is 1. The highest BCUT2D eigenvalue weighted by molar-refractivity contribution is 7.99. The van der Waals surface area contributed by atoms with Crippen LogP contribution < -0.4 is 19.5 Å². The molecule has 0 radical (unpaired) electrons. The van der Waals surface area contributed by atoms with Gasteiger partial charge in [0.05, 0.1) is 18.4 Å². The Labute approximate surface area is 173 Å². The number of aromatic nitrogens is 1. The zero-order valence-electron chi connectivity index (χ0n) is 16.4. The molecule has 0 atom stereocenters. The predicted molar refractivity (Wildman–Crippen MR) is 113 cm³/mol. The molecule has 0 saturated heterocycles. The average molecular weight is 410 g/mol. The van der Waals surface area contributed by atoms with Crippen molar-refractivity contribution in [1.29, 1.82) is 0 Å². The highest BCUT2D eigenvalue weighted by Crippen LogP contribution is 2.37. The molecule has 150 valence electrons. The van der Waals surface area contributed by atoms with Crippen molar-refractivity contribution < 1.29 is 19.0 Å². The quantitative estimate of drug-likeness (QED) is 0.595. The first kappa shape index (κ1) is 19.4. The van der Waals surface area contributed by atoms with Gasteiger partial charge in [0.1, 0.15) is 10.8 Å². The summed E-state index contributed by atoms with van der Waals surface area (Å²) in [5.41, 5.74) is 2.98. The van der Waals surface area contributed by atoms with E-state index in [4.69, 9.17) is 19.2 Å². The van der Waals surface area contributed by atoms with E-state index in [1.807, 2.05) is 36.4 Å². The second-order valence-electron chi connectivity index (χ2n) is 6.62. The van der Waals surface area contributed by atoms with Crippen molar-refractivity contribution in [2.75, 3.05) is 19.7 Å². The summed E-state index contributed by atoms with van der Waals surface area (Å²) in [6.45, 7) is 2.81. The fraction of sp³-hybridized carbons (Fsp3) is 0.273. The van der Waals surface area contributed by atoms with Gasteiger partial charge in [0.2, 0.25) is 12.7 Å². The second kappa shape index (κ2) is 8.61. The minimum Gasteiger partial charge on any atom is -0.497 e. The fourth-order valence-electron chi connectivity index (χ4n) is 3.10. The van der Waals surface area contributed by atoms with Crippen LogP contribution in [0.5, 0.6) is 17.2 Å². The minimum absolute atomic E-state index is 0.0274. The summed E-state index contributed by atoms with van der Waals surface area (Å²) < 4.78 is 16.0. The molecule has 7 heteroatoms. The molecule has 0 bridgehead atoms. The lowest BCUT2D eigenvalue weighted by Crippen LogP contribution is -2.24. The molecule has 29 heavy (non-hydrogen) atoms. The standard InChI is InChI=1S/C22H22N2O4S/c1-3-15-8-16-9-19-20(28-13-27-19)10-18(16)24-22(15)29-12-21(25)23-11-14-4-6-17(26-2)7-5-14/h4-10H,3,11-13H2,1-2H3,(H,23,25). The molecule has 2 aromatic carbocycles. The normalized spacial score (nSPS) is 12.2. The van der Waals surface area contributed by atoms with E-state index in [1.165, 1.54) is 11.8 Å². The number of fused-ring (bicyclic) bond motifs is 2. The molecule has 0 unspecified atom stereocenters. The van der Waals surface area contributed by atoms with Gasteiger partial charge < -0.3 is 19.5 Å². The van der Waals surface area contributed by atoms with Gasteiger partial charge in [-0.05, 0) is 41.8 Å². The number of hydrogen-bond acceptors (Lipinski definition) is 6. The fourth-order valence-corrected chi connectivity index (χ4v) is 4.02. The molecule has 3 aromatic rings. The van der Waals surface area contributed by atoms with Gasteiger partial charge in [-0.1, -0.05) is 30.8 Å². The van der Waals surface area contributed by atoms with Gasteiger partial charge in [-0.25, -0.2) is 4.98 Å². The number of benzene rings is 2. The highest BCUT2D eigenvalue weighted by atomic mass is 32.2. The van der Waals surface area contributed by atoms with Crippen molar-refractivity contribution in [2.45, 2.75) is 24.9 Å². The number of methoxy groups -OCH3 is 1. The summed E-state index contributed by atoms with van der Waals surface area (Å²) in [5.74, 6) is 2.54. The first-order valence-corrected chi connectivity index (χ1v) is 10.4. The topological polar surface area (TPSA) is 69.7 Å².